The minimum atomic E-state index is -4.11. The molecule has 1 aliphatic rings. The molecule has 0 aromatic heterocycles. The number of nitrogens with two attached hydrogens (primary N) is 1. The van der Waals surface area contributed by atoms with E-state index in [2.05, 4.69) is 6.92 Å². The first-order valence-electron chi connectivity index (χ1n) is 6.47. The fourth-order valence-corrected chi connectivity index (χ4v) is 2.71. The van der Waals surface area contributed by atoms with Gasteiger partial charge in [-0.05, 0) is 31.6 Å². The van der Waals surface area contributed by atoms with Crippen molar-refractivity contribution in [3.8, 4) is 0 Å². The Morgan fingerprint density at radius 3 is 2.18 bits per heavy atom. The maximum atomic E-state index is 12.4. The number of rotatable bonds is 5. The Morgan fingerprint density at radius 1 is 1.18 bits per heavy atom. The highest BCUT2D eigenvalue weighted by Crippen LogP contribution is 2.30. The van der Waals surface area contributed by atoms with E-state index < -0.39 is 12.7 Å². The first-order chi connectivity index (χ1) is 7.96. The van der Waals surface area contributed by atoms with Crippen LogP contribution in [0.25, 0.3) is 0 Å². The molecule has 1 aliphatic carbocycles. The molecule has 0 aromatic carbocycles. The summed E-state index contributed by atoms with van der Waals surface area (Å²) < 4.78 is 37.3. The highest BCUT2D eigenvalue weighted by molar-refractivity contribution is 4.80. The van der Waals surface area contributed by atoms with Crippen molar-refractivity contribution >= 4 is 0 Å². The number of alkyl halides is 3. The summed E-state index contributed by atoms with van der Waals surface area (Å²) in [6.45, 7) is 1.98. The van der Waals surface area contributed by atoms with Crippen molar-refractivity contribution < 1.29 is 13.2 Å². The highest BCUT2D eigenvalue weighted by atomic mass is 19.4. The second kappa shape index (κ2) is 6.59. The highest BCUT2D eigenvalue weighted by Gasteiger charge is 2.34. The van der Waals surface area contributed by atoms with Crippen LogP contribution >= 0.6 is 0 Å². The lowest BCUT2D eigenvalue weighted by atomic mass is 9.84. The standard InChI is InChI=1S/C12H23F3N2/c1-2-10-3-5-11(6-4-10)17(8-7-16)9-12(13,14)15/h10-11H,2-9,16H2,1H3. The van der Waals surface area contributed by atoms with E-state index in [-0.39, 0.29) is 6.04 Å². The van der Waals surface area contributed by atoms with Crippen LogP contribution in [0, 0.1) is 5.92 Å². The molecule has 0 aliphatic heterocycles. The molecular formula is C12H23F3N2. The van der Waals surface area contributed by atoms with Crippen molar-refractivity contribution in [1.82, 2.24) is 4.90 Å². The van der Waals surface area contributed by atoms with E-state index in [1.807, 2.05) is 0 Å². The molecule has 1 saturated carbocycles. The second-order valence-corrected chi connectivity index (χ2v) is 4.96. The van der Waals surface area contributed by atoms with E-state index in [1.165, 1.54) is 4.90 Å². The largest absolute Gasteiger partial charge is 0.401 e. The van der Waals surface area contributed by atoms with E-state index >= 15 is 0 Å². The van der Waals surface area contributed by atoms with Gasteiger partial charge in [-0.1, -0.05) is 13.3 Å². The van der Waals surface area contributed by atoms with Crippen LogP contribution < -0.4 is 5.73 Å². The normalized spacial score (nSPS) is 26.5. The maximum Gasteiger partial charge on any atom is 0.401 e. The van der Waals surface area contributed by atoms with Crippen molar-refractivity contribution in [3.63, 3.8) is 0 Å². The van der Waals surface area contributed by atoms with Crippen LogP contribution in [0.3, 0.4) is 0 Å². The van der Waals surface area contributed by atoms with Gasteiger partial charge in [0, 0.05) is 19.1 Å². The van der Waals surface area contributed by atoms with Gasteiger partial charge in [-0.15, -0.1) is 0 Å². The minimum absolute atomic E-state index is 0.0722. The van der Waals surface area contributed by atoms with Crippen LogP contribution in [-0.2, 0) is 0 Å². The van der Waals surface area contributed by atoms with Crippen LogP contribution in [0.2, 0.25) is 0 Å². The molecule has 0 aromatic rings. The van der Waals surface area contributed by atoms with E-state index in [0.29, 0.717) is 19.0 Å². The third-order valence-electron chi connectivity index (χ3n) is 3.71. The molecule has 0 heterocycles. The van der Waals surface area contributed by atoms with Gasteiger partial charge in [-0.25, -0.2) is 0 Å². The lowest BCUT2D eigenvalue weighted by Crippen LogP contribution is -2.45. The molecule has 102 valence electrons. The maximum absolute atomic E-state index is 12.4. The molecule has 0 radical (unpaired) electrons. The summed E-state index contributed by atoms with van der Waals surface area (Å²) in [7, 11) is 0. The van der Waals surface area contributed by atoms with Gasteiger partial charge in [-0.2, -0.15) is 13.2 Å². The third kappa shape index (κ3) is 5.25. The second-order valence-electron chi connectivity index (χ2n) is 4.96. The molecule has 5 heteroatoms. The summed E-state index contributed by atoms with van der Waals surface area (Å²) in [5.74, 6) is 0.705. The van der Waals surface area contributed by atoms with Crippen molar-refractivity contribution in [3.05, 3.63) is 0 Å². The van der Waals surface area contributed by atoms with Gasteiger partial charge in [0.05, 0.1) is 6.54 Å². The summed E-state index contributed by atoms with van der Waals surface area (Å²) in [5.41, 5.74) is 5.40. The topological polar surface area (TPSA) is 29.3 Å². The Bertz CT molecular complexity index is 210. The fourth-order valence-electron chi connectivity index (χ4n) is 2.71. The van der Waals surface area contributed by atoms with Crippen LogP contribution in [0.5, 0.6) is 0 Å². The van der Waals surface area contributed by atoms with E-state index in [1.54, 1.807) is 0 Å². The summed E-state index contributed by atoms with van der Waals surface area (Å²) in [6, 6.07) is 0.0722. The van der Waals surface area contributed by atoms with Crippen molar-refractivity contribution in [1.29, 1.82) is 0 Å². The van der Waals surface area contributed by atoms with Crippen LogP contribution in [0.1, 0.15) is 39.0 Å². The molecule has 0 atom stereocenters. The van der Waals surface area contributed by atoms with Gasteiger partial charge < -0.3 is 5.73 Å². The fraction of sp³-hybridized carbons (Fsp3) is 1.00. The Kier molecular flexibility index (Phi) is 5.73. The zero-order valence-corrected chi connectivity index (χ0v) is 10.5. The average Bonchev–Trinajstić information content (AvgIpc) is 2.27. The first kappa shape index (κ1) is 14.8. The Morgan fingerprint density at radius 2 is 1.76 bits per heavy atom. The Labute approximate surface area is 101 Å². The van der Waals surface area contributed by atoms with Gasteiger partial charge in [0.2, 0.25) is 0 Å². The van der Waals surface area contributed by atoms with Crippen LogP contribution in [-0.4, -0.2) is 36.8 Å². The molecule has 1 fully saturated rings. The van der Waals surface area contributed by atoms with E-state index in [0.717, 1.165) is 32.1 Å². The van der Waals surface area contributed by atoms with Crippen molar-refractivity contribution in [2.75, 3.05) is 19.6 Å². The predicted molar refractivity (Wildman–Crippen MR) is 62.7 cm³/mol. The van der Waals surface area contributed by atoms with E-state index in [9.17, 15) is 13.2 Å². The van der Waals surface area contributed by atoms with Gasteiger partial charge in [0.15, 0.2) is 0 Å². The lowest BCUT2D eigenvalue weighted by molar-refractivity contribution is -0.152. The quantitative estimate of drug-likeness (QED) is 0.815. The number of hydrogen-bond donors (Lipinski definition) is 1. The smallest absolute Gasteiger partial charge is 0.329 e. The van der Waals surface area contributed by atoms with Gasteiger partial charge in [-0.3, -0.25) is 4.90 Å². The molecule has 17 heavy (non-hydrogen) atoms. The molecular weight excluding hydrogens is 229 g/mol. The molecule has 0 bridgehead atoms. The zero-order valence-electron chi connectivity index (χ0n) is 10.5. The van der Waals surface area contributed by atoms with E-state index in [4.69, 9.17) is 5.73 Å². The molecule has 1 rings (SSSR count). The first-order valence-corrected chi connectivity index (χ1v) is 6.47. The molecule has 0 spiro atoms. The Balaban J connectivity index is 2.48. The van der Waals surface area contributed by atoms with Gasteiger partial charge >= 0.3 is 6.18 Å². The van der Waals surface area contributed by atoms with Crippen LogP contribution in [0.15, 0.2) is 0 Å². The Hall–Kier alpha value is -0.290. The molecule has 2 nitrogen and oxygen atoms in total. The molecule has 0 saturated heterocycles. The number of hydrogen-bond acceptors (Lipinski definition) is 2. The lowest BCUT2D eigenvalue weighted by Gasteiger charge is -2.36. The molecule has 0 unspecified atom stereocenters. The van der Waals surface area contributed by atoms with Crippen molar-refractivity contribution in [2.24, 2.45) is 11.7 Å². The summed E-state index contributed by atoms with van der Waals surface area (Å²) >= 11 is 0. The number of nitrogens with zero attached hydrogens (tertiary/aromatic N) is 1. The zero-order chi connectivity index (χ0) is 12.9. The number of halogens is 3. The van der Waals surface area contributed by atoms with Gasteiger partial charge in [0.25, 0.3) is 0 Å². The van der Waals surface area contributed by atoms with Gasteiger partial charge in [0.1, 0.15) is 0 Å². The summed E-state index contributed by atoms with van der Waals surface area (Å²) in [5, 5.41) is 0. The molecule has 0 amide bonds. The minimum Gasteiger partial charge on any atom is -0.329 e. The average molecular weight is 252 g/mol. The monoisotopic (exact) mass is 252 g/mol. The van der Waals surface area contributed by atoms with Crippen LogP contribution in [0.4, 0.5) is 13.2 Å². The van der Waals surface area contributed by atoms with Crippen molar-refractivity contribution in [2.45, 2.75) is 51.2 Å². The third-order valence-corrected chi connectivity index (χ3v) is 3.71. The SMILES string of the molecule is CCC1CCC(N(CCN)CC(F)(F)F)CC1. The molecule has 2 N–H and O–H groups in total. The predicted octanol–water partition coefficient (Wildman–Crippen LogP) is 2.78. The summed E-state index contributed by atoms with van der Waals surface area (Å²) in [6.07, 6.45) is 0.906. The summed E-state index contributed by atoms with van der Waals surface area (Å²) in [4.78, 5) is 1.52.